The molecule has 2 N–H and O–H groups in total. The Morgan fingerprint density at radius 2 is 1.86 bits per heavy atom. The van der Waals surface area contributed by atoms with Crippen molar-refractivity contribution < 1.29 is 4.74 Å². The van der Waals surface area contributed by atoms with Gasteiger partial charge >= 0.3 is 0 Å². The Morgan fingerprint density at radius 3 is 2.71 bits per heavy atom. The lowest BCUT2D eigenvalue weighted by atomic mass is 10.2. The molecular formula is C20H19N7O. The molecule has 1 aliphatic heterocycles. The summed E-state index contributed by atoms with van der Waals surface area (Å²) in [6.45, 7) is 3.41. The van der Waals surface area contributed by atoms with Crippen molar-refractivity contribution in [1.29, 1.82) is 0 Å². The minimum absolute atomic E-state index is 0.347. The maximum Gasteiger partial charge on any atom is 0.265 e. The number of fused-ring (bicyclic) bond motifs is 3. The summed E-state index contributed by atoms with van der Waals surface area (Å²) < 4.78 is 5.39. The molecule has 0 atom stereocenters. The second-order valence-corrected chi connectivity index (χ2v) is 6.56. The number of H-pyrrole nitrogens is 1. The van der Waals surface area contributed by atoms with E-state index >= 15 is 0 Å². The first-order chi connectivity index (χ1) is 13.9. The van der Waals surface area contributed by atoms with Gasteiger partial charge in [-0.25, -0.2) is 5.43 Å². The molecule has 1 fully saturated rings. The number of rotatable bonds is 4. The SMILES string of the molecule is C(=NNc1nnc2c(n1)[nH]c1ccccc12)c1ccc(N2CCOCC2)cc1. The summed E-state index contributed by atoms with van der Waals surface area (Å²) in [5, 5.41) is 13.6. The zero-order valence-electron chi connectivity index (χ0n) is 15.2. The summed E-state index contributed by atoms with van der Waals surface area (Å²) in [7, 11) is 0. The average Bonchev–Trinajstić information content (AvgIpc) is 3.13. The monoisotopic (exact) mass is 373 g/mol. The average molecular weight is 373 g/mol. The second kappa shape index (κ2) is 7.24. The van der Waals surface area contributed by atoms with Crippen LogP contribution in [0.15, 0.2) is 53.6 Å². The molecular weight excluding hydrogens is 354 g/mol. The number of benzene rings is 2. The van der Waals surface area contributed by atoms with E-state index in [1.54, 1.807) is 6.21 Å². The number of nitrogens with one attached hydrogen (secondary N) is 2. The summed E-state index contributed by atoms with van der Waals surface area (Å²) >= 11 is 0. The van der Waals surface area contributed by atoms with E-state index in [-0.39, 0.29) is 0 Å². The van der Waals surface area contributed by atoms with Crippen molar-refractivity contribution in [2.45, 2.75) is 0 Å². The number of aromatic nitrogens is 4. The summed E-state index contributed by atoms with van der Waals surface area (Å²) in [5.41, 5.74) is 7.46. The van der Waals surface area contributed by atoms with Crippen LogP contribution in [0.5, 0.6) is 0 Å². The molecule has 28 heavy (non-hydrogen) atoms. The Kier molecular flexibility index (Phi) is 4.30. The number of aromatic amines is 1. The molecule has 0 radical (unpaired) electrons. The van der Waals surface area contributed by atoms with Crippen LogP contribution >= 0.6 is 0 Å². The van der Waals surface area contributed by atoms with Gasteiger partial charge in [0.15, 0.2) is 5.65 Å². The fourth-order valence-corrected chi connectivity index (χ4v) is 3.33. The summed E-state index contributed by atoms with van der Waals surface area (Å²) in [6.07, 6.45) is 1.74. The highest BCUT2D eigenvalue weighted by atomic mass is 16.5. The lowest BCUT2D eigenvalue weighted by molar-refractivity contribution is 0.122. The van der Waals surface area contributed by atoms with Crippen LogP contribution in [0.2, 0.25) is 0 Å². The number of hydrazone groups is 1. The van der Waals surface area contributed by atoms with Crippen LogP contribution in [-0.4, -0.2) is 52.7 Å². The predicted molar refractivity (Wildman–Crippen MR) is 110 cm³/mol. The van der Waals surface area contributed by atoms with Crippen LogP contribution < -0.4 is 10.3 Å². The Bertz CT molecular complexity index is 1130. The number of hydrogen-bond acceptors (Lipinski definition) is 7. The third kappa shape index (κ3) is 3.25. The van der Waals surface area contributed by atoms with Gasteiger partial charge in [-0.2, -0.15) is 10.1 Å². The van der Waals surface area contributed by atoms with Crippen LogP contribution in [-0.2, 0) is 4.74 Å². The molecule has 3 heterocycles. The maximum absolute atomic E-state index is 5.39. The quantitative estimate of drug-likeness (QED) is 0.422. The van der Waals surface area contributed by atoms with Crippen molar-refractivity contribution in [2.75, 3.05) is 36.6 Å². The van der Waals surface area contributed by atoms with E-state index in [9.17, 15) is 0 Å². The molecule has 2 aromatic carbocycles. The zero-order chi connectivity index (χ0) is 18.8. The molecule has 0 saturated carbocycles. The number of anilines is 2. The standard InChI is InChI=1S/C20H19N7O/c1-2-4-17-16(3-1)18-19(22-17)23-20(26-24-18)25-21-13-14-5-7-15(8-6-14)27-9-11-28-12-10-27/h1-8,13H,9-12H2,(H2,22,23,25,26). The second-order valence-electron chi connectivity index (χ2n) is 6.56. The molecule has 5 rings (SSSR count). The fraction of sp³-hybridized carbons (Fsp3) is 0.200. The van der Waals surface area contributed by atoms with E-state index in [0.29, 0.717) is 11.6 Å². The van der Waals surface area contributed by atoms with Gasteiger partial charge in [-0.3, -0.25) is 0 Å². The van der Waals surface area contributed by atoms with Crippen molar-refractivity contribution in [1.82, 2.24) is 20.2 Å². The van der Waals surface area contributed by atoms with Gasteiger partial charge in [0.2, 0.25) is 0 Å². The number of ether oxygens (including phenoxy) is 1. The van der Waals surface area contributed by atoms with Crippen molar-refractivity contribution in [3.05, 3.63) is 54.1 Å². The van der Waals surface area contributed by atoms with Gasteiger partial charge in [0.05, 0.1) is 19.4 Å². The molecule has 0 amide bonds. The first kappa shape index (κ1) is 16.6. The van der Waals surface area contributed by atoms with Crippen molar-refractivity contribution in [3.63, 3.8) is 0 Å². The minimum atomic E-state index is 0.347. The Morgan fingerprint density at radius 1 is 1.04 bits per heavy atom. The van der Waals surface area contributed by atoms with E-state index < -0.39 is 0 Å². The van der Waals surface area contributed by atoms with Crippen molar-refractivity contribution >= 4 is 39.9 Å². The zero-order valence-corrected chi connectivity index (χ0v) is 15.2. The third-order valence-corrected chi connectivity index (χ3v) is 4.77. The normalized spacial score (nSPS) is 14.9. The summed E-state index contributed by atoms with van der Waals surface area (Å²) in [5.74, 6) is 0.347. The number of hydrogen-bond donors (Lipinski definition) is 2. The Labute approximate surface area is 161 Å². The van der Waals surface area contributed by atoms with E-state index in [1.807, 2.05) is 36.4 Å². The lowest BCUT2D eigenvalue weighted by Crippen LogP contribution is -2.36. The highest BCUT2D eigenvalue weighted by Gasteiger charge is 2.10. The summed E-state index contributed by atoms with van der Waals surface area (Å²) in [4.78, 5) is 10.0. The first-order valence-corrected chi connectivity index (χ1v) is 9.20. The maximum atomic E-state index is 5.39. The lowest BCUT2D eigenvalue weighted by Gasteiger charge is -2.28. The minimum Gasteiger partial charge on any atom is -0.378 e. The van der Waals surface area contributed by atoms with Crippen LogP contribution in [0.25, 0.3) is 22.1 Å². The molecule has 8 nitrogen and oxygen atoms in total. The van der Waals surface area contributed by atoms with E-state index in [1.165, 1.54) is 5.69 Å². The fourth-order valence-electron chi connectivity index (χ4n) is 3.33. The number of para-hydroxylation sites is 1. The van der Waals surface area contributed by atoms with Gasteiger partial charge < -0.3 is 14.6 Å². The topological polar surface area (TPSA) is 91.3 Å². The summed E-state index contributed by atoms with van der Waals surface area (Å²) in [6, 6.07) is 16.2. The third-order valence-electron chi connectivity index (χ3n) is 4.77. The van der Waals surface area contributed by atoms with Gasteiger partial charge in [-0.05, 0) is 23.8 Å². The van der Waals surface area contributed by atoms with Gasteiger partial charge in [-0.1, -0.05) is 30.3 Å². The molecule has 0 unspecified atom stereocenters. The number of nitrogens with zero attached hydrogens (tertiary/aromatic N) is 5. The molecule has 1 aliphatic rings. The molecule has 140 valence electrons. The molecule has 1 saturated heterocycles. The van der Waals surface area contributed by atoms with Gasteiger partial charge in [0.1, 0.15) is 5.52 Å². The Hall–Kier alpha value is -3.52. The van der Waals surface area contributed by atoms with Gasteiger partial charge in [-0.15, -0.1) is 10.2 Å². The van der Waals surface area contributed by atoms with Crippen molar-refractivity contribution in [2.24, 2.45) is 5.10 Å². The van der Waals surface area contributed by atoms with Crippen LogP contribution in [0.1, 0.15) is 5.56 Å². The van der Waals surface area contributed by atoms with E-state index in [2.05, 4.69) is 47.7 Å². The van der Waals surface area contributed by atoms with Crippen LogP contribution in [0.4, 0.5) is 11.6 Å². The largest absolute Gasteiger partial charge is 0.378 e. The van der Waals surface area contributed by atoms with Gasteiger partial charge in [0, 0.05) is 29.7 Å². The number of morpholine rings is 1. The first-order valence-electron chi connectivity index (χ1n) is 9.20. The smallest absolute Gasteiger partial charge is 0.265 e. The molecule has 8 heteroatoms. The molecule has 2 aromatic heterocycles. The van der Waals surface area contributed by atoms with Crippen molar-refractivity contribution in [3.8, 4) is 0 Å². The predicted octanol–water partition coefficient (Wildman–Crippen LogP) is 2.79. The Balaban J connectivity index is 1.28. The van der Waals surface area contributed by atoms with Gasteiger partial charge in [0.25, 0.3) is 5.95 Å². The van der Waals surface area contributed by atoms with Crippen LogP contribution in [0.3, 0.4) is 0 Å². The molecule has 0 bridgehead atoms. The molecule has 0 spiro atoms. The van der Waals surface area contributed by atoms with Crippen LogP contribution in [0, 0.1) is 0 Å². The van der Waals surface area contributed by atoms with E-state index in [4.69, 9.17) is 4.74 Å². The molecule has 4 aromatic rings. The highest BCUT2D eigenvalue weighted by Crippen LogP contribution is 2.21. The van der Waals surface area contributed by atoms with E-state index in [0.717, 1.165) is 48.3 Å². The molecule has 0 aliphatic carbocycles. The highest BCUT2D eigenvalue weighted by molar-refractivity contribution is 6.03.